The zero-order chi connectivity index (χ0) is 21.3. The van der Waals surface area contributed by atoms with E-state index in [1.165, 1.54) is 11.8 Å². The first kappa shape index (κ1) is 20.0. The number of amides is 1. The summed E-state index contributed by atoms with van der Waals surface area (Å²) in [5.41, 5.74) is 1.68. The molecule has 0 bridgehead atoms. The molecule has 0 aliphatic carbocycles. The Labute approximate surface area is 177 Å². The van der Waals surface area contributed by atoms with Crippen molar-refractivity contribution in [2.24, 2.45) is 0 Å². The van der Waals surface area contributed by atoms with Gasteiger partial charge in [0.1, 0.15) is 17.8 Å². The number of benzene rings is 2. The Morgan fingerprint density at radius 1 is 1.20 bits per heavy atom. The molecule has 8 heteroatoms. The maximum absolute atomic E-state index is 13.2. The van der Waals surface area contributed by atoms with Gasteiger partial charge in [-0.2, -0.15) is 5.10 Å². The summed E-state index contributed by atoms with van der Waals surface area (Å²) >= 11 is 6.02. The fourth-order valence-corrected chi connectivity index (χ4v) is 3.84. The van der Waals surface area contributed by atoms with Crippen LogP contribution < -0.4 is 15.6 Å². The van der Waals surface area contributed by atoms with Crippen LogP contribution in [0.25, 0.3) is 21.8 Å². The molecule has 154 valence electrons. The lowest BCUT2D eigenvalue weighted by Crippen LogP contribution is -2.30. The van der Waals surface area contributed by atoms with E-state index in [0.29, 0.717) is 28.5 Å². The maximum Gasteiger partial charge on any atom is 0.291 e. The van der Waals surface area contributed by atoms with Crippen LogP contribution in [0, 0.1) is 0 Å². The molecule has 7 nitrogen and oxygen atoms in total. The number of para-hydroxylation sites is 1. The van der Waals surface area contributed by atoms with Crippen LogP contribution in [0.4, 0.5) is 5.69 Å². The van der Waals surface area contributed by atoms with E-state index in [4.69, 9.17) is 16.3 Å². The molecule has 1 N–H and O–H groups in total. The number of hydrogen-bond donors (Lipinski definition) is 1. The average Bonchev–Trinajstić information content (AvgIpc) is 3.05. The number of aryl methyl sites for hydroxylation is 1. The number of rotatable bonds is 6. The van der Waals surface area contributed by atoms with Gasteiger partial charge in [0.05, 0.1) is 19.0 Å². The summed E-state index contributed by atoms with van der Waals surface area (Å²) < 4.78 is 8.43. The van der Waals surface area contributed by atoms with Crippen molar-refractivity contribution in [3.05, 3.63) is 64.0 Å². The van der Waals surface area contributed by atoms with Gasteiger partial charge >= 0.3 is 0 Å². The summed E-state index contributed by atoms with van der Waals surface area (Å²) in [5.74, 6) is 0.0780. The number of anilines is 1. The normalized spacial score (nSPS) is 11.2. The van der Waals surface area contributed by atoms with Gasteiger partial charge in [-0.1, -0.05) is 36.7 Å². The summed E-state index contributed by atoms with van der Waals surface area (Å²) in [5, 5.41) is 9.21. The molecule has 2 aromatic heterocycles. The molecule has 0 saturated carbocycles. The largest absolute Gasteiger partial charge is 0.495 e. The number of methoxy groups -OCH3 is 1. The maximum atomic E-state index is 13.2. The minimum atomic E-state index is -0.400. The van der Waals surface area contributed by atoms with Gasteiger partial charge in [-0.3, -0.25) is 9.59 Å². The molecular formula is C22H21ClN4O3. The highest BCUT2D eigenvalue weighted by molar-refractivity contribution is 6.31. The Morgan fingerprint density at radius 2 is 2.00 bits per heavy atom. The zero-order valence-corrected chi connectivity index (χ0v) is 17.4. The standard InChI is InChI=1S/C22H21ClN4O3/c1-3-10-26-18-7-5-4-6-15(18)16-12-24-27(22(29)21(16)26)13-20(28)25-17-11-14(23)8-9-19(17)30-2/h4-9,11-12H,3,10,13H2,1-2H3,(H,25,28). The highest BCUT2D eigenvalue weighted by Crippen LogP contribution is 2.28. The third kappa shape index (κ3) is 3.52. The molecule has 0 radical (unpaired) electrons. The smallest absolute Gasteiger partial charge is 0.291 e. The van der Waals surface area contributed by atoms with E-state index in [1.807, 2.05) is 28.8 Å². The number of halogens is 1. The number of hydrogen-bond acceptors (Lipinski definition) is 4. The van der Waals surface area contributed by atoms with Gasteiger partial charge in [0.2, 0.25) is 5.91 Å². The molecule has 0 spiro atoms. The molecule has 30 heavy (non-hydrogen) atoms. The second kappa shape index (κ2) is 8.20. The van der Waals surface area contributed by atoms with Crippen LogP contribution in [0.1, 0.15) is 13.3 Å². The second-order valence-corrected chi connectivity index (χ2v) is 7.37. The molecule has 2 aromatic carbocycles. The molecular weight excluding hydrogens is 404 g/mol. The van der Waals surface area contributed by atoms with E-state index < -0.39 is 5.91 Å². The number of aromatic nitrogens is 3. The minimum absolute atomic E-state index is 0.224. The van der Waals surface area contributed by atoms with Gasteiger partial charge in [-0.25, -0.2) is 4.68 Å². The molecule has 0 aliphatic rings. The molecule has 0 saturated heterocycles. The highest BCUT2D eigenvalue weighted by atomic mass is 35.5. The summed E-state index contributed by atoms with van der Waals surface area (Å²) in [4.78, 5) is 25.8. The Hall–Kier alpha value is -3.32. The first-order valence-corrected chi connectivity index (χ1v) is 10.0. The quantitative estimate of drug-likeness (QED) is 0.506. The number of nitrogens with one attached hydrogen (secondary N) is 1. The fraction of sp³-hybridized carbons (Fsp3) is 0.227. The van der Waals surface area contributed by atoms with Crippen LogP contribution in [0.3, 0.4) is 0 Å². The summed E-state index contributed by atoms with van der Waals surface area (Å²) in [6, 6.07) is 12.8. The van der Waals surface area contributed by atoms with Crippen LogP contribution in [-0.4, -0.2) is 27.4 Å². The summed E-state index contributed by atoms with van der Waals surface area (Å²) in [6.07, 6.45) is 2.53. The van der Waals surface area contributed by atoms with E-state index in [2.05, 4.69) is 17.3 Å². The first-order valence-electron chi connectivity index (χ1n) is 9.64. The molecule has 2 heterocycles. The SMILES string of the molecule is CCCn1c2ccccc2c2cnn(CC(=O)Nc3cc(Cl)ccc3OC)c(=O)c21. The first-order chi connectivity index (χ1) is 14.5. The van der Waals surface area contributed by atoms with E-state index in [-0.39, 0.29) is 12.1 Å². The summed E-state index contributed by atoms with van der Waals surface area (Å²) in [7, 11) is 1.51. The van der Waals surface area contributed by atoms with Crippen molar-refractivity contribution < 1.29 is 9.53 Å². The molecule has 0 fully saturated rings. The number of ether oxygens (including phenoxy) is 1. The molecule has 0 unspecified atom stereocenters. The van der Waals surface area contributed by atoms with Crippen molar-refractivity contribution in [1.29, 1.82) is 0 Å². The van der Waals surface area contributed by atoms with Gasteiger partial charge in [-0.15, -0.1) is 0 Å². The van der Waals surface area contributed by atoms with Gasteiger partial charge < -0.3 is 14.6 Å². The van der Waals surface area contributed by atoms with Gasteiger partial charge in [0.25, 0.3) is 5.56 Å². The van der Waals surface area contributed by atoms with Gasteiger partial charge in [0.15, 0.2) is 0 Å². The molecule has 0 atom stereocenters. The molecule has 4 rings (SSSR count). The summed E-state index contributed by atoms with van der Waals surface area (Å²) in [6.45, 7) is 2.54. The number of carbonyl (C=O) groups excluding carboxylic acids is 1. The minimum Gasteiger partial charge on any atom is -0.495 e. The lowest BCUT2D eigenvalue weighted by atomic mass is 10.2. The van der Waals surface area contributed by atoms with Crippen LogP contribution in [0.2, 0.25) is 5.02 Å². The lowest BCUT2D eigenvalue weighted by Gasteiger charge is -2.11. The average molecular weight is 425 g/mol. The van der Waals surface area contributed by atoms with E-state index in [9.17, 15) is 9.59 Å². The van der Waals surface area contributed by atoms with Crippen molar-refractivity contribution in [2.75, 3.05) is 12.4 Å². The number of nitrogens with zero attached hydrogens (tertiary/aromatic N) is 3. The van der Waals surface area contributed by atoms with Crippen LogP contribution >= 0.6 is 11.6 Å². The molecule has 4 aromatic rings. The van der Waals surface area contributed by atoms with E-state index in [1.54, 1.807) is 24.4 Å². The van der Waals surface area contributed by atoms with E-state index >= 15 is 0 Å². The van der Waals surface area contributed by atoms with Gasteiger partial charge in [0, 0.05) is 27.9 Å². The highest BCUT2D eigenvalue weighted by Gasteiger charge is 2.17. The van der Waals surface area contributed by atoms with Crippen molar-refractivity contribution in [2.45, 2.75) is 26.4 Å². The van der Waals surface area contributed by atoms with Crippen molar-refractivity contribution in [3.8, 4) is 5.75 Å². The lowest BCUT2D eigenvalue weighted by molar-refractivity contribution is -0.117. The van der Waals surface area contributed by atoms with E-state index in [0.717, 1.165) is 22.7 Å². The fourth-order valence-electron chi connectivity index (χ4n) is 3.67. The van der Waals surface area contributed by atoms with Crippen molar-refractivity contribution in [3.63, 3.8) is 0 Å². The number of carbonyl (C=O) groups is 1. The predicted molar refractivity (Wildman–Crippen MR) is 118 cm³/mol. The van der Waals surface area contributed by atoms with Gasteiger partial charge in [-0.05, 0) is 30.7 Å². The van der Waals surface area contributed by atoms with Crippen molar-refractivity contribution >= 4 is 45.0 Å². The number of fused-ring (bicyclic) bond motifs is 3. The van der Waals surface area contributed by atoms with Crippen LogP contribution in [0.15, 0.2) is 53.5 Å². The Balaban J connectivity index is 1.72. The zero-order valence-electron chi connectivity index (χ0n) is 16.7. The Bertz CT molecular complexity index is 1310. The Morgan fingerprint density at radius 3 is 2.77 bits per heavy atom. The van der Waals surface area contributed by atoms with Crippen molar-refractivity contribution in [1.82, 2.24) is 14.3 Å². The van der Waals surface area contributed by atoms with Crippen LogP contribution in [-0.2, 0) is 17.9 Å². The third-order valence-electron chi connectivity index (χ3n) is 4.95. The predicted octanol–water partition coefficient (Wildman–Crippen LogP) is 4.06. The second-order valence-electron chi connectivity index (χ2n) is 6.93. The Kier molecular flexibility index (Phi) is 5.46. The molecule has 1 amide bonds. The monoisotopic (exact) mass is 424 g/mol. The topological polar surface area (TPSA) is 78.2 Å². The third-order valence-corrected chi connectivity index (χ3v) is 5.18. The molecule has 0 aliphatic heterocycles. The van der Waals surface area contributed by atoms with Crippen LogP contribution in [0.5, 0.6) is 5.75 Å².